The molecule has 0 fully saturated rings. The van der Waals surface area contributed by atoms with E-state index in [0.717, 1.165) is 5.56 Å². The summed E-state index contributed by atoms with van der Waals surface area (Å²) in [5.74, 6) is -0.0160. The van der Waals surface area contributed by atoms with Crippen molar-refractivity contribution in [3.8, 4) is 0 Å². The van der Waals surface area contributed by atoms with Gasteiger partial charge in [0, 0.05) is 18.1 Å². The Bertz CT molecular complexity index is 297. The second-order valence-corrected chi connectivity index (χ2v) is 3.38. The number of benzene rings is 1. The minimum Gasteiger partial charge on any atom is -0.355 e. The Kier molecular flexibility index (Phi) is 4.43. The molecule has 3 N–H and O–H groups in total. The van der Waals surface area contributed by atoms with Crippen LogP contribution in [0, 0.1) is 0 Å². The Morgan fingerprint density at radius 1 is 1.36 bits per heavy atom. The van der Waals surface area contributed by atoms with Crippen LogP contribution >= 0.6 is 11.6 Å². The molecule has 1 aromatic rings. The fourth-order valence-electron chi connectivity index (χ4n) is 1.06. The summed E-state index contributed by atoms with van der Waals surface area (Å²) in [4.78, 5) is 11.3. The second kappa shape index (κ2) is 5.62. The van der Waals surface area contributed by atoms with E-state index in [2.05, 4.69) is 5.32 Å². The van der Waals surface area contributed by atoms with Gasteiger partial charge in [-0.25, -0.2) is 0 Å². The molecule has 76 valence electrons. The van der Waals surface area contributed by atoms with Crippen molar-refractivity contribution in [2.45, 2.75) is 6.42 Å². The molecule has 0 aliphatic carbocycles. The minimum atomic E-state index is -0.0160. The van der Waals surface area contributed by atoms with E-state index in [-0.39, 0.29) is 5.91 Å². The van der Waals surface area contributed by atoms with Gasteiger partial charge in [0.15, 0.2) is 0 Å². The van der Waals surface area contributed by atoms with E-state index in [9.17, 15) is 4.79 Å². The van der Waals surface area contributed by atoms with Gasteiger partial charge in [0.2, 0.25) is 5.91 Å². The number of amides is 1. The molecule has 0 bridgehead atoms. The van der Waals surface area contributed by atoms with E-state index < -0.39 is 0 Å². The third-order valence-corrected chi connectivity index (χ3v) is 2.00. The van der Waals surface area contributed by atoms with Gasteiger partial charge in [0.1, 0.15) is 0 Å². The molecule has 0 aromatic heterocycles. The molecule has 3 nitrogen and oxygen atoms in total. The molecule has 0 unspecified atom stereocenters. The topological polar surface area (TPSA) is 55.1 Å². The Morgan fingerprint density at radius 3 is 2.57 bits per heavy atom. The maximum absolute atomic E-state index is 11.3. The highest BCUT2D eigenvalue weighted by molar-refractivity contribution is 6.30. The highest BCUT2D eigenvalue weighted by atomic mass is 35.5. The van der Waals surface area contributed by atoms with Crippen LogP contribution < -0.4 is 11.1 Å². The fourth-order valence-corrected chi connectivity index (χ4v) is 1.19. The van der Waals surface area contributed by atoms with E-state index in [1.165, 1.54) is 0 Å². The SMILES string of the molecule is NCCNC(=O)Cc1ccc(Cl)cc1. The van der Waals surface area contributed by atoms with Gasteiger partial charge in [-0.1, -0.05) is 23.7 Å². The van der Waals surface area contributed by atoms with Gasteiger partial charge in [-0.15, -0.1) is 0 Å². The van der Waals surface area contributed by atoms with Crippen LogP contribution in [0.15, 0.2) is 24.3 Å². The van der Waals surface area contributed by atoms with Crippen LogP contribution in [-0.2, 0) is 11.2 Å². The lowest BCUT2D eigenvalue weighted by molar-refractivity contribution is -0.120. The van der Waals surface area contributed by atoms with Crippen LogP contribution in [-0.4, -0.2) is 19.0 Å². The quantitative estimate of drug-likeness (QED) is 0.781. The summed E-state index contributed by atoms with van der Waals surface area (Å²) in [6.45, 7) is 0.985. The molecular weight excluding hydrogens is 200 g/mol. The van der Waals surface area contributed by atoms with Gasteiger partial charge < -0.3 is 11.1 Å². The molecule has 0 aliphatic rings. The normalized spacial score (nSPS) is 9.86. The highest BCUT2D eigenvalue weighted by Gasteiger charge is 2.01. The van der Waals surface area contributed by atoms with Crippen molar-refractivity contribution in [1.82, 2.24) is 5.32 Å². The lowest BCUT2D eigenvalue weighted by Crippen LogP contribution is -2.30. The molecule has 0 saturated heterocycles. The molecule has 0 spiro atoms. The summed E-state index contributed by atoms with van der Waals surface area (Å²) in [6, 6.07) is 7.22. The number of nitrogens with two attached hydrogens (primary N) is 1. The molecule has 1 rings (SSSR count). The summed E-state index contributed by atoms with van der Waals surface area (Å²) in [6.07, 6.45) is 0.372. The Hall–Kier alpha value is -1.06. The first-order valence-corrected chi connectivity index (χ1v) is 4.81. The number of carbonyl (C=O) groups excluding carboxylic acids is 1. The number of hydrogen-bond donors (Lipinski definition) is 2. The smallest absolute Gasteiger partial charge is 0.224 e. The maximum Gasteiger partial charge on any atom is 0.224 e. The Morgan fingerprint density at radius 2 is 2.00 bits per heavy atom. The summed E-state index contributed by atoms with van der Waals surface area (Å²) in [7, 11) is 0. The predicted octanol–water partition coefficient (Wildman–Crippen LogP) is 0.957. The zero-order valence-electron chi connectivity index (χ0n) is 7.79. The molecule has 0 saturated carbocycles. The first-order valence-electron chi connectivity index (χ1n) is 4.43. The Labute approximate surface area is 88.2 Å². The average molecular weight is 213 g/mol. The van der Waals surface area contributed by atoms with E-state index in [4.69, 9.17) is 17.3 Å². The largest absolute Gasteiger partial charge is 0.355 e. The van der Waals surface area contributed by atoms with Crippen LogP contribution in [0.25, 0.3) is 0 Å². The van der Waals surface area contributed by atoms with Crippen molar-refractivity contribution in [3.63, 3.8) is 0 Å². The zero-order valence-corrected chi connectivity index (χ0v) is 8.55. The number of hydrogen-bond acceptors (Lipinski definition) is 2. The van der Waals surface area contributed by atoms with Crippen molar-refractivity contribution >= 4 is 17.5 Å². The third kappa shape index (κ3) is 3.77. The summed E-state index contributed by atoms with van der Waals surface area (Å²) in [5, 5.41) is 3.38. The van der Waals surface area contributed by atoms with Gasteiger partial charge in [-0.05, 0) is 17.7 Å². The molecule has 0 heterocycles. The van der Waals surface area contributed by atoms with Crippen molar-refractivity contribution in [1.29, 1.82) is 0 Å². The van der Waals surface area contributed by atoms with E-state index in [1.54, 1.807) is 12.1 Å². The van der Waals surface area contributed by atoms with Crippen molar-refractivity contribution in [3.05, 3.63) is 34.9 Å². The molecule has 14 heavy (non-hydrogen) atoms. The molecule has 0 radical (unpaired) electrons. The van der Waals surface area contributed by atoms with Crippen molar-refractivity contribution < 1.29 is 4.79 Å². The first-order chi connectivity index (χ1) is 6.72. The van der Waals surface area contributed by atoms with Crippen LogP contribution in [0.4, 0.5) is 0 Å². The highest BCUT2D eigenvalue weighted by Crippen LogP contribution is 2.09. The van der Waals surface area contributed by atoms with Crippen molar-refractivity contribution in [2.75, 3.05) is 13.1 Å². The molecule has 1 aromatic carbocycles. The predicted molar refractivity (Wildman–Crippen MR) is 57.2 cm³/mol. The third-order valence-electron chi connectivity index (χ3n) is 1.74. The van der Waals surface area contributed by atoms with Gasteiger partial charge in [-0.2, -0.15) is 0 Å². The van der Waals surface area contributed by atoms with Crippen LogP contribution in [0.1, 0.15) is 5.56 Å². The van der Waals surface area contributed by atoms with Crippen LogP contribution in [0.3, 0.4) is 0 Å². The van der Waals surface area contributed by atoms with Gasteiger partial charge in [0.05, 0.1) is 6.42 Å². The zero-order chi connectivity index (χ0) is 10.4. The van der Waals surface area contributed by atoms with Crippen LogP contribution in [0.5, 0.6) is 0 Å². The lowest BCUT2D eigenvalue weighted by Gasteiger charge is -2.03. The monoisotopic (exact) mass is 212 g/mol. The lowest BCUT2D eigenvalue weighted by atomic mass is 10.1. The maximum atomic E-state index is 11.3. The molecular formula is C10H13ClN2O. The molecule has 0 atom stereocenters. The number of halogens is 1. The molecule has 0 aliphatic heterocycles. The summed E-state index contributed by atoms with van der Waals surface area (Å²) >= 11 is 5.71. The first kappa shape index (κ1) is 11.0. The summed E-state index contributed by atoms with van der Waals surface area (Å²) in [5.41, 5.74) is 6.21. The van der Waals surface area contributed by atoms with Crippen molar-refractivity contribution in [2.24, 2.45) is 5.73 Å². The van der Waals surface area contributed by atoms with E-state index in [1.807, 2.05) is 12.1 Å². The number of rotatable bonds is 4. The summed E-state index contributed by atoms with van der Waals surface area (Å²) < 4.78 is 0. The molecule has 4 heteroatoms. The average Bonchev–Trinajstić information content (AvgIpc) is 2.18. The number of carbonyl (C=O) groups is 1. The van der Waals surface area contributed by atoms with Gasteiger partial charge in [0.25, 0.3) is 0 Å². The minimum absolute atomic E-state index is 0.0160. The standard InChI is InChI=1S/C10H13ClN2O/c11-9-3-1-8(2-4-9)7-10(14)13-6-5-12/h1-4H,5-7,12H2,(H,13,14). The van der Waals surface area contributed by atoms with E-state index >= 15 is 0 Å². The molecule has 1 amide bonds. The van der Waals surface area contributed by atoms with Crippen LogP contribution in [0.2, 0.25) is 5.02 Å². The fraction of sp³-hybridized carbons (Fsp3) is 0.300. The van der Waals surface area contributed by atoms with Gasteiger partial charge >= 0.3 is 0 Å². The second-order valence-electron chi connectivity index (χ2n) is 2.94. The van der Waals surface area contributed by atoms with Gasteiger partial charge in [-0.3, -0.25) is 4.79 Å². The number of nitrogens with one attached hydrogen (secondary N) is 1. The Balaban J connectivity index is 2.44. The van der Waals surface area contributed by atoms with E-state index in [0.29, 0.717) is 24.5 Å².